The fourth-order valence-corrected chi connectivity index (χ4v) is 6.14. The molecule has 1 atom stereocenters. The summed E-state index contributed by atoms with van der Waals surface area (Å²) in [5.74, 6) is -1.87. The standard InChI is InChI=1S/C19H27N3O8S2/c1-4-22(16-9-10-31(26,27)13-16)18(24)12-30-19(25)11-21(3)32(28,29)17-7-5-15(6-8-17)20-14(2)23/h5-8,16H,4,9-13H2,1-3H3,(H,20,23)/t16-/m1/s1. The molecule has 0 aliphatic carbocycles. The van der Waals surface area contributed by atoms with Gasteiger partial charge in [-0.1, -0.05) is 0 Å². The Morgan fingerprint density at radius 2 is 1.81 bits per heavy atom. The lowest BCUT2D eigenvalue weighted by molar-refractivity contribution is -0.152. The molecule has 1 aromatic carbocycles. The van der Waals surface area contributed by atoms with Crippen LogP contribution in [0.3, 0.4) is 0 Å². The Kier molecular flexibility index (Phi) is 8.37. The van der Waals surface area contributed by atoms with Gasteiger partial charge in [-0.15, -0.1) is 0 Å². The molecule has 1 heterocycles. The predicted octanol–water partition coefficient (Wildman–Crippen LogP) is -0.156. The van der Waals surface area contributed by atoms with Crippen molar-refractivity contribution in [2.45, 2.75) is 31.2 Å². The summed E-state index contributed by atoms with van der Waals surface area (Å²) in [6.45, 7) is 2.06. The summed E-state index contributed by atoms with van der Waals surface area (Å²) in [6.07, 6.45) is 0.331. The van der Waals surface area contributed by atoms with Crippen LogP contribution in [-0.2, 0) is 39.0 Å². The van der Waals surface area contributed by atoms with Gasteiger partial charge in [0.1, 0.15) is 6.54 Å². The number of sulfone groups is 1. The van der Waals surface area contributed by atoms with E-state index in [1.54, 1.807) is 6.92 Å². The van der Waals surface area contributed by atoms with Gasteiger partial charge in [0.25, 0.3) is 5.91 Å². The van der Waals surface area contributed by atoms with Crippen molar-refractivity contribution in [3.05, 3.63) is 24.3 Å². The molecule has 13 heteroatoms. The number of sulfonamides is 1. The van der Waals surface area contributed by atoms with Crippen LogP contribution in [0.1, 0.15) is 20.3 Å². The molecule has 1 aliphatic heterocycles. The van der Waals surface area contributed by atoms with E-state index in [0.29, 0.717) is 12.1 Å². The van der Waals surface area contributed by atoms with E-state index in [2.05, 4.69) is 5.32 Å². The molecule has 1 N–H and O–H groups in total. The molecule has 32 heavy (non-hydrogen) atoms. The monoisotopic (exact) mass is 489 g/mol. The number of hydrogen-bond acceptors (Lipinski definition) is 8. The number of amides is 2. The van der Waals surface area contributed by atoms with E-state index in [4.69, 9.17) is 4.74 Å². The van der Waals surface area contributed by atoms with Crippen LogP contribution in [-0.4, -0.2) is 88.1 Å². The van der Waals surface area contributed by atoms with E-state index in [0.717, 1.165) is 4.31 Å². The van der Waals surface area contributed by atoms with Gasteiger partial charge in [0.15, 0.2) is 16.4 Å². The van der Waals surface area contributed by atoms with Crippen LogP contribution in [0, 0.1) is 0 Å². The SMILES string of the molecule is CCN(C(=O)COC(=O)CN(C)S(=O)(=O)c1ccc(NC(C)=O)cc1)[C@@H]1CCS(=O)(=O)C1. The molecule has 1 saturated heterocycles. The Morgan fingerprint density at radius 1 is 1.19 bits per heavy atom. The van der Waals surface area contributed by atoms with Crippen molar-refractivity contribution in [3.8, 4) is 0 Å². The molecule has 2 rings (SSSR count). The lowest BCUT2D eigenvalue weighted by Crippen LogP contribution is -2.43. The molecule has 11 nitrogen and oxygen atoms in total. The maximum atomic E-state index is 12.6. The number of benzene rings is 1. The lowest BCUT2D eigenvalue weighted by Gasteiger charge is -2.26. The van der Waals surface area contributed by atoms with Gasteiger partial charge >= 0.3 is 5.97 Å². The van der Waals surface area contributed by atoms with Gasteiger partial charge in [-0.25, -0.2) is 16.8 Å². The van der Waals surface area contributed by atoms with Crippen molar-refractivity contribution < 1.29 is 36.0 Å². The number of ether oxygens (including phenoxy) is 1. The van der Waals surface area contributed by atoms with E-state index in [9.17, 15) is 31.2 Å². The highest BCUT2D eigenvalue weighted by molar-refractivity contribution is 7.91. The molecule has 178 valence electrons. The Hall–Kier alpha value is -2.51. The summed E-state index contributed by atoms with van der Waals surface area (Å²) in [7, 11) is -5.99. The maximum Gasteiger partial charge on any atom is 0.321 e. The minimum absolute atomic E-state index is 0.00961. The van der Waals surface area contributed by atoms with Crippen molar-refractivity contribution in [3.63, 3.8) is 0 Å². The summed E-state index contributed by atoms with van der Waals surface area (Å²) < 4.78 is 54.3. The van der Waals surface area contributed by atoms with E-state index in [1.807, 2.05) is 0 Å². The second-order valence-corrected chi connectivity index (χ2v) is 11.6. The Bertz CT molecular complexity index is 1070. The zero-order chi connectivity index (χ0) is 24.1. The second kappa shape index (κ2) is 10.4. The average Bonchev–Trinajstić information content (AvgIpc) is 3.06. The smallest absolute Gasteiger partial charge is 0.321 e. The highest BCUT2D eigenvalue weighted by Gasteiger charge is 2.34. The maximum absolute atomic E-state index is 12.6. The minimum atomic E-state index is -4.01. The highest BCUT2D eigenvalue weighted by Crippen LogP contribution is 2.19. The summed E-state index contributed by atoms with van der Waals surface area (Å²) >= 11 is 0. The molecule has 0 bridgehead atoms. The predicted molar refractivity (Wildman–Crippen MR) is 116 cm³/mol. The van der Waals surface area contributed by atoms with Crippen LogP contribution in [0.2, 0.25) is 0 Å². The first-order valence-electron chi connectivity index (χ1n) is 9.85. The molecule has 1 aromatic rings. The van der Waals surface area contributed by atoms with Gasteiger partial charge < -0.3 is 15.0 Å². The number of carbonyl (C=O) groups is 3. The topological polar surface area (TPSA) is 147 Å². The summed E-state index contributed by atoms with van der Waals surface area (Å²) in [4.78, 5) is 36.8. The largest absolute Gasteiger partial charge is 0.455 e. The van der Waals surface area contributed by atoms with Crippen molar-refractivity contribution in [1.29, 1.82) is 0 Å². The Morgan fingerprint density at radius 3 is 2.31 bits per heavy atom. The fraction of sp³-hybridized carbons (Fsp3) is 0.526. The molecule has 0 aromatic heterocycles. The van der Waals surface area contributed by atoms with Gasteiger partial charge in [-0.05, 0) is 37.6 Å². The highest BCUT2D eigenvalue weighted by atomic mass is 32.2. The summed E-state index contributed by atoms with van der Waals surface area (Å²) in [5, 5.41) is 2.52. The van der Waals surface area contributed by atoms with Crippen molar-refractivity contribution in [2.24, 2.45) is 0 Å². The quantitative estimate of drug-likeness (QED) is 0.471. The number of esters is 1. The van der Waals surface area contributed by atoms with Crippen LogP contribution >= 0.6 is 0 Å². The summed E-state index contributed by atoms with van der Waals surface area (Å²) in [5.41, 5.74) is 0.424. The van der Waals surface area contributed by atoms with Crippen molar-refractivity contribution >= 4 is 43.3 Å². The third-order valence-electron chi connectivity index (χ3n) is 4.90. The van der Waals surface area contributed by atoms with E-state index < -0.39 is 50.9 Å². The van der Waals surface area contributed by atoms with Gasteiger partial charge in [-0.2, -0.15) is 4.31 Å². The normalized spacial score (nSPS) is 17.7. The van der Waals surface area contributed by atoms with Crippen LogP contribution in [0.25, 0.3) is 0 Å². The molecular weight excluding hydrogens is 462 g/mol. The van der Waals surface area contributed by atoms with E-state index in [1.165, 1.54) is 43.1 Å². The first-order valence-corrected chi connectivity index (χ1v) is 13.1. The number of anilines is 1. The number of rotatable bonds is 9. The minimum Gasteiger partial charge on any atom is -0.455 e. The summed E-state index contributed by atoms with van der Waals surface area (Å²) in [6, 6.07) is 4.96. The van der Waals surface area contributed by atoms with Crippen LogP contribution in [0.4, 0.5) is 5.69 Å². The van der Waals surface area contributed by atoms with E-state index >= 15 is 0 Å². The molecule has 0 radical (unpaired) electrons. The number of hydrogen-bond donors (Lipinski definition) is 1. The second-order valence-electron chi connectivity index (χ2n) is 7.36. The molecule has 1 aliphatic rings. The Balaban J connectivity index is 1.92. The molecule has 1 fully saturated rings. The van der Waals surface area contributed by atoms with E-state index in [-0.39, 0.29) is 28.9 Å². The zero-order valence-electron chi connectivity index (χ0n) is 18.1. The number of nitrogens with zero attached hydrogens (tertiary/aromatic N) is 2. The number of likely N-dealkylation sites (N-methyl/N-ethyl adjacent to an activating group) is 2. The van der Waals surface area contributed by atoms with Crippen LogP contribution < -0.4 is 5.32 Å². The lowest BCUT2D eigenvalue weighted by atomic mass is 10.2. The average molecular weight is 490 g/mol. The zero-order valence-corrected chi connectivity index (χ0v) is 19.7. The first-order chi connectivity index (χ1) is 14.9. The van der Waals surface area contributed by atoms with Gasteiger partial charge in [0.05, 0.1) is 16.4 Å². The van der Waals surface area contributed by atoms with Crippen LogP contribution in [0.5, 0.6) is 0 Å². The van der Waals surface area contributed by atoms with Crippen LogP contribution in [0.15, 0.2) is 29.2 Å². The van der Waals surface area contributed by atoms with Crippen molar-refractivity contribution in [2.75, 3.05) is 43.6 Å². The number of carbonyl (C=O) groups excluding carboxylic acids is 3. The fourth-order valence-electron chi connectivity index (χ4n) is 3.29. The van der Waals surface area contributed by atoms with Gasteiger partial charge in [0, 0.05) is 32.2 Å². The van der Waals surface area contributed by atoms with Gasteiger partial charge in [0.2, 0.25) is 15.9 Å². The molecule has 0 spiro atoms. The third kappa shape index (κ3) is 6.74. The number of nitrogens with one attached hydrogen (secondary N) is 1. The first kappa shape index (κ1) is 25.7. The molecule has 0 saturated carbocycles. The molecule has 2 amide bonds. The molecular formula is C19H27N3O8S2. The van der Waals surface area contributed by atoms with Gasteiger partial charge in [-0.3, -0.25) is 14.4 Å². The van der Waals surface area contributed by atoms with Crippen molar-refractivity contribution in [1.82, 2.24) is 9.21 Å². The molecule has 0 unspecified atom stereocenters. The third-order valence-corrected chi connectivity index (χ3v) is 8.47. The Labute approximate surface area is 187 Å².